The van der Waals surface area contributed by atoms with Crippen LogP contribution in [0.15, 0.2) is 29.2 Å². The third-order valence-electron chi connectivity index (χ3n) is 3.82. The number of benzene rings is 1. The smallest absolute Gasteiger partial charge is 0.266 e. The highest BCUT2D eigenvalue weighted by Crippen LogP contribution is 2.33. The standard InChI is InChI=1S/C17H21ClN2OS2/c1-3-19(4-2)10-7-11-20-16(21)15(23-17(20)22)12-13-8-5-6-9-14(13)18/h5-6,8-9,12H,3-4,7,10-11H2,1-2H3/b15-12-. The van der Waals surface area contributed by atoms with E-state index < -0.39 is 0 Å². The molecule has 0 aromatic heterocycles. The van der Waals surface area contributed by atoms with E-state index in [1.54, 1.807) is 4.90 Å². The number of thioether (sulfide) groups is 1. The summed E-state index contributed by atoms with van der Waals surface area (Å²) in [5.41, 5.74) is 0.845. The predicted octanol–water partition coefficient (Wildman–Crippen LogP) is 4.27. The second-order valence-corrected chi connectivity index (χ2v) is 7.32. The summed E-state index contributed by atoms with van der Waals surface area (Å²) in [4.78, 5) is 17.2. The average molecular weight is 369 g/mol. The number of hydrogen-bond acceptors (Lipinski definition) is 4. The van der Waals surface area contributed by atoms with Crippen LogP contribution in [-0.4, -0.2) is 46.2 Å². The van der Waals surface area contributed by atoms with Crippen molar-refractivity contribution in [2.45, 2.75) is 20.3 Å². The van der Waals surface area contributed by atoms with Gasteiger partial charge in [-0.1, -0.05) is 67.6 Å². The minimum Gasteiger partial charge on any atom is -0.304 e. The summed E-state index contributed by atoms with van der Waals surface area (Å²) in [6.45, 7) is 8.00. The van der Waals surface area contributed by atoms with Gasteiger partial charge in [0.05, 0.1) is 4.91 Å². The molecule has 1 aliphatic rings. The van der Waals surface area contributed by atoms with Gasteiger partial charge in [-0.3, -0.25) is 9.69 Å². The number of carbonyl (C=O) groups is 1. The number of thiocarbonyl (C=S) groups is 1. The Morgan fingerprint density at radius 3 is 2.65 bits per heavy atom. The fourth-order valence-electron chi connectivity index (χ4n) is 2.42. The fourth-order valence-corrected chi connectivity index (χ4v) is 3.91. The highest BCUT2D eigenvalue weighted by atomic mass is 35.5. The van der Waals surface area contributed by atoms with Gasteiger partial charge in [-0.25, -0.2) is 0 Å². The number of carbonyl (C=O) groups excluding carboxylic acids is 1. The van der Waals surface area contributed by atoms with Crippen molar-refractivity contribution in [1.82, 2.24) is 9.80 Å². The van der Waals surface area contributed by atoms with E-state index in [-0.39, 0.29) is 5.91 Å². The molecular formula is C17H21ClN2OS2. The van der Waals surface area contributed by atoms with E-state index in [0.717, 1.165) is 31.6 Å². The molecule has 1 aliphatic heterocycles. The van der Waals surface area contributed by atoms with Gasteiger partial charge in [0, 0.05) is 11.6 Å². The number of nitrogens with zero attached hydrogens (tertiary/aromatic N) is 2. The van der Waals surface area contributed by atoms with Crippen LogP contribution in [0, 0.1) is 0 Å². The Morgan fingerprint density at radius 2 is 2.00 bits per heavy atom. The van der Waals surface area contributed by atoms with Gasteiger partial charge in [0.15, 0.2) is 0 Å². The van der Waals surface area contributed by atoms with Crippen molar-refractivity contribution in [3.8, 4) is 0 Å². The molecule has 1 saturated heterocycles. The lowest BCUT2D eigenvalue weighted by molar-refractivity contribution is -0.122. The summed E-state index contributed by atoms with van der Waals surface area (Å²) in [5.74, 6) is -0.0144. The Bertz CT molecular complexity index is 614. The van der Waals surface area contributed by atoms with Crippen LogP contribution in [0.2, 0.25) is 5.02 Å². The Hall–Kier alpha value is -0.880. The first-order chi connectivity index (χ1) is 11.1. The van der Waals surface area contributed by atoms with Crippen molar-refractivity contribution in [2.75, 3.05) is 26.2 Å². The van der Waals surface area contributed by atoms with Crippen LogP contribution >= 0.6 is 35.6 Å². The third kappa shape index (κ3) is 4.80. The highest BCUT2D eigenvalue weighted by molar-refractivity contribution is 8.26. The van der Waals surface area contributed by atoms with Crippen LogP contribution < -0.4 is 0 Å². The second kappa shape index (κ2) is 8.83. The molecule has 1 fully saturated rings. The van der Waals surface area contributed by atoms with Gasteiger partial charge in [-0.2, -0.15) is 0 Å². The molecule has 0 radical (unpaired) electrons. The molecule has 0 N–H and O–H groups in total. The number of hydrogen-bond donors (Lipinski definition) is 0. The van der Waals surface area contributed by atoms with E-state index in [1.807, 2.05) is 30.3 Å². The number of amides is 1. The van der Waals surface area contributed by atoms with E-state index in [0.29, 0.717) is 20.8 Å². The topological polar surface area (TPSA) is 23.6 Å². The third-order valence-corrected chi connectivity index (χ3v) is 5.54. The van der Waals surface area contributed by atoms with Crippen molar-refractivity contribution in [2.24, 2.45) is 0 Å². The molecule has 1 heterocycles. The summed E-state index contributed by atoms with van der Waals surface area (Å²) >= 11 is 12.9. The second-order valence-electron chi connectivity index (χ2n) is 5.24. The zero-order chi connectivity index (χ0) is 16.8. The molecule has 1 aromatic carbocycles. The number of rotatable bonds is 7. The number of halogens is 1. The van der Waals surface area contributed by atoms with Crippen LogP contribution in [0.25, 0.3) is 6.08 Å². The van der Waals surface area contributed by atoms with Crippen LogP contribution in [0.4, 0.5) is 0 Å². The van der Waals surface area contributed by atoms with E-state index in [9.17, 15) is 4.79 Å². The molecule has 0 spiro atoms. The van der Waals surface area contributed by atoms with Crippen LogP contribution in [0.3, 0.4) is 0 Å². The summed E-state index contributed by atoms with van der Waals surface area (Å²) in [7, 11) is 0. The van der Waals surface area contributed by atoms with Gasteiger partial charge in [-0.15, -0.1) is 0 Å². The lowest BCUT2D eigenvalue weighted by atomic mass is 10.2. The lowest BCUT2D eigenvalue weighted by Gasteiger charge is -2.20. The van der Waals surface area contributed by atoms with Gasteiger partial charge in [0.2, 0.25) is 0 Å². The van der Waals surface area contributed by atoms with E-state index in [1.165, 1.54) is 11.8 Å². The molecule has 1 aromatic rings. The molecule has 6 heteroatoms. The zero-order valence-electron chi connectivity index (χ0n) is 13.4. The minimum absolute atomic E-state index is 0.0144. The van der Waals surface area contributed by atoms with E-state index in [2.05, 4.69) is 18.7 Å². The SMILES string of the molecule is CCN(CC)CCCN1C(=O)/C(=C/c2ccccc2Cl)SC1=S. The van der Waals surface area contributed by atoms with Crippen molar-refractivity contribution >= 4 is 51.9 Å². The monoisotopic (exact) mass is 368 g/mol. The summed E-state index contributed by atoms with van der Waals surface area (Å²) in [6, 6.07) is 7.49. The average Bonchev–Trinajstić information content (AvgIpc) is 2.81. The lowest BCUT2D eigenvalue weighted by Crippen LogP contribution is -2.32. The van der Waals surface area contributed by atoms with Crippen LogP contribution in [0.1, 0.15) is 25.8 Å². The van der Waals surface area contributed by atoms with Crippen molar-refractivity contribution in [3.05, 3.63) is 39.8 Å². The predicted molar refractivity (Wildman–Crippen MR) is 104 cm³/mol. The first kappa shape index (κ1) is 18.5. The maximum Gasteiger partial charge on any atom is 0.266 e. The normalized spacial score (nSPS) is 16.9. The van der Waals surface area contributed by atoms with Gasteiger partial charge in [0.25, 0.3) is 5.91 Å². The molecular weight excluding hydrogens is 348 g/mol. The Balaban J connectivity index is 2.01. The molecule has 3 nitrogen and oxygen atoms in total. The van der Waals surface area contributed by atoms with Crippen molar-refractivity contribution in [3.63, 3.8) is 0 Å². The molecule has 2 rings (SSSR count). The molecule has 0 atom stereocenters. The summed E-state index contributed by atoms with van der Waals surface area (Å²) in [6.07, 6.45) is 2.75. The molecule has 23 heavy (non-hydrogen) atoms. The fraction of sp³-hybridized carbons (Fsp3) is 0.412. The molecule has 0 aliphatic carbocycles. The Morgan fingerprint density at radius 1 is 1.30 bits per heavy atom. The molecule has 124 valence electrons. The minimum atomic E-state index is -0.0144. The zero-order valence-corrected chi connectivity index (χ0v) is 15.8. The van der Waals surface area contributed by atoms with Crippen LogP contribution in [-0.2, 0) is 4.79 Å². The van der Waals surface area contributed by atoms with Gasteiger partial charge < -0.3 is 4.90 Å². The van der Waals surface area contributed by atoms with Gasteiger partial charge >= 0.3 is 0 Å². The molecule has 1 amide bonds. The summed E-state index contributed by atoms with van der Waals surface area (Å²) in [5, 5.41) is 0.638. The molecule has 0 bridgehead atoms. The van der Waals surface area contributed by atoms with E-state index in [4.69, 9.17) is 23.8 Å². The largest absolute Gasteiger partial charge is 0.304 e. The Kier molecular flexibility index (Phi) is 7.09. The molecule has 0 unspecified atom stereocenters. The quantitative estimate of drug-likeness (QED) is 0.529. The maximum atomic E-state index is 12.5. The first-order valence-electron chi connectivity index (χ1n) is 7.79. The van der Waals surface area contributed by atoms with Crippen LogP contribution in [0.5, 0.6) is 0 Å². The van der Waals surface area contributed by atoms with Gasteiger partial charge in [0.1, 0.15) is 4.32 Å². The Labute approximate surface area is 152 Å². The summed E-state index contributed by atoms with van der Waals surface area (Å²) < 4.78 is 0.632. The van der Waals surface area contributed by atoms with Gasteiger partial charge in [-0.05, 0) is 43.8 Å². The molecule has 0 saturated carbocycles. The van der Waals surface area contributed by atoms with Crippen molar-refractivity contribution < 1.29 is 4.79 Å². The van der Waals surface area contributed by atoms with Crippen molar-refractivity contribution in [1.29, 1.82) is 0 Å². The van der Waals surface area contributed by atoms with E-state index >= 15 is 0 Å². The highest BCUT2D eigenvalue weighted by Gasteiger charge is 2.31. The first-order valence-corrected chi connectivity index (χ1v) is 9.39. The maximum absolute atomic E-state index is 12.5.